The summed E-state index contributed by atoms with van der Waals surface area (Å²) in [6, 6.07) is 6.70. The van der Waals surface area contributed by atoms with Gasteiger partial charge in [-0.1, -0.05) is 24.3 Å². The Bertz CT molecular complexity index is 550. The Morgan fingerprint density at radius 1 is 1.21 bits per heavy atom. The monoisotopic (exact) mass is 284 g/mol. The van der Waals surface area contributed by atoms with Gasteiger partial charge < -0.3 is 5.11 Å². The second-order valence-corrected chi connectivity index (χ2v) is 8.42. The van der Waals surface area contributed by atoms with E-state index < -0.39 is 26.5 Å². The molecule has 4 nitrogen and oxygen atoms in total. The zero-order chi connectivity index (χ0) is 14.8. The molecule has 1 aromatic rings. The van der Waals surface area contributed by atoms with Crippen LogP contribution in [0.4, 0.5) is 0 Å². The molecule has 1 aromatic carbocycles. The Labute approximate surface area is 114 Å². The van der Waals surface area contributed by atoms with Crippen molar-refractivity contribution in [2.24, 2.45) is 0 Å². The van der Waals surface area contributed by atoms with Crippen molar-refractivity contribution in [2.75, 3.05) is 0 Å². The van der Waals surface area contributed by atoms with Gasteiger partial charge in [0.05, 0.1) is 16.4 Å². The number of sulfone groups is 1. The van der Waals surface area contributed by atoms with E-state index in [1.165, 1.54) is 0 Å². The fraction of sp³-hybridized carbons (Fsp3) is 0.500. The van der Waals surface area contributed by atoms with Crippen molar-refractivity contribution < 1.29 is 18.3 Å². The maximum Gasteiger partial charge on any atom is 0.310 e. The van der Waals surface area contributed by atoms with Crippen LogP contribution in [0.1, 0.15) is 44.7 Å². The lowest BCUT2D eigenvalue weighted by Crippen LogP contribution is -2.29. The quantitative estimate of drug-likeness (QED) is 0.922. The van der Waals surface area contributed by atoms with Crippen molar-refractivity contribution in [2.45, 2.75) is 44.1 Å². The molecule has 0 spiro atoms. The molecule has 1 N–H and O–H groups in total. The molecule has 0 amide bonds. The Morgan fingerprint density at radius 3 is 2.05 bits per heavy atom. The average Bonchev–Trinajstić information content (AvgIpc) is 2.27. The molecule has 106 valence electrons. The Balaban J connectivity index is 2.93. The highest BCUT2D eigenvalue weighted by Gasteiger charge is 2.28. The number of carboxylic acid groups (broad SMARTS) is 1. The molecule has 1 unspecified atom stereocenters. The minimum atomic E-state index is -3.22. The van der Waals surface area contributed by atoms with Gasteiger partial charge in [-0.2, -0.15) is 0 Å². The predicted molar refractivity (Wildman–Crippen MR) is 74.9 cm³/mol. The van der Waals surface area contributed by atoms with E-state index in [9.17, 15) is 13.2 Å². The van der Waals surface area contributed by atoms with Gasteiger partial charge in [0.2, 0.25) is 0 Å². The molecule has 1 rings (SSSR count). The fourth-order valence-corrected chi connectivity index (χ4v) is 2.55. The van der Waals surface area contributed by atoms with Gasteiger partial charge in [0.15, 0.2) is 9.84 Å². The molecule has 0 aliphatic rings. The van der Waals surface area contributed by atoms with Crippen molar-refractivity contribution in [3.63, 3.8) is 0 Å². The van der Waals surface area contributed by atoms with Gasteiger partial charge in [-0.15, -0.1) is 0 Å². The van der Waals surface area contributed by atoms with Crippen LogP contribution in [-0.4, -0.2) is 24.2 Å². The first kappa shape index (κ1) is 15.7. The van der Waals surface area contributed by atoms with E-state index >= 15 is 0 Å². The zero-order valence-electron chi connectivity index (χ0n) is 11.7. The summed E-state index contributed by atoms with van der Waals surface area (Å²) in [5.74, 6) is -1.51. The van der Waals surface area contributed by atoms with Gasteiger partial charge >= 0.3 is 5.97 Å². The lowest BCUT2D eigenvalue weighted by Gasteiger charge is -2.19. The van der Waals surface area contributed by atoms with Crippen LogP contribution in [0.2, 0.25) is 0 Å². The van der Waals surface area contributed by atoms with Crippen molar-refractivity contribution in [1.29, 1.82) is 0 Å². The van der Waals surface area contributed by atoms with Crippen molar-refractivity contribution in [1.82, 2.24) is 0 Å². The van der Waals surface area contributed by atoms with E-state index in [1.807, 2.05) is 0 Å². The summed E-state index contributed by atoms with van der Waals surface area (Å²) in [6.07, 6.45) is 0. The molecule has 0 heterocycles. The standard InChI is InChI=1S/C14H20O4S/c1-10(13(15)16)12-7-5-11(6-8-12)9-19(17,18)14(2,3)4/h5-8,10H,9H2,1-4H3,(H,15,16). The van der Waals surface area contributed by atoms with Crippen molar-refractivity contribution >= 4 is 15.8 Å². The number of aliphatic carboxylic acids is 1. The highest BCUT2D eigenvalue weighted by molar-refractivity contribution is 7.91. The third-order valence-electron chi connectivity index (χ3n) is 3.14. The van der Waals surface area contributed by atoms with Crippen LogP contribution >= 0.6 is 0 Å². The Morgan fingerprint density at radius 2 is 1.68 bits per heavy atom. The van der Waals surface area contributed by atoms with Crippen LogP contribution in [0.3, 0.4) is 0 Å². The minimum Gasteiger partial charge on any atom is -0.481 e. The SMILES string of the molecule is CC(C(=O)O)c1ccc(CS(=O)(=O)C(C)(C)C)cc1. The van der Waals surface area contributed by atoms with E-state index in [0.29, 0.717) is 11.1 Å². The zero-order valence-corrected chi connectivity index (χ0v) is 12.5. The number of benzene rings is 1. The second kappa shape index (κ2) is 5.33. The molecule has 0 radical (unpaired) electrons. The topological polar surface area (TPSA) is 71.4 Å². The van der Waals surface area contributed by atoms with Crippen molar-refractivity contribution in [3.05, 3.63) is 35.4 Å². The first-order chi connectivity index (χ1) is 8.54. The van der Waals surface area contributed by atoms with Crippen LogP contribution in [0.15, 0.2) is 24.3 Å². The number of carboxylic acids is 1. The number of carbonyl (C=O) groups is 1. The maximum absolute atomic E-state index is 12.1. The smallest absolute Gasteiger partial charge is 0.310 e. The lowest BCUT2D eigenvalue weighted by molar-refractivity contribution is -0.138. The summed E-state index contributed by atoms with van der Waals surface area (Å²) in [4.78, 5) is 10.8. The highest BCUT2D eigenvalue weighted by atomic mass is 32.2. The van der Waals surface area contributed by atoms with Gasteiger partial charge in [0.1, 0.15) is 0 Å². The van der Waals surface area contributed by atoms with E-state index in [4.69, 9.17) is 5.11 Å². The molecule has 0 bridgehead atoms. The number of hydrogen-bond donors (Lipinski definition) is 1. The summed E-state index contributed by atoms with van der Waals surface area (Å²) in [5, 5.41) is 8.90. The fourth-order valence-electron chi connectivity index (χ4n) is 1.48. The predicted octanol–water partition coefficient (Wildman–Crippen LogP) is 2.59. The molecule has 0 aliphatic carbocycles. The van der Waals surface area contributed by atoms with E-state index in [0.717, 1.165) is 0 Å². The summed E-state index contributed by atoms with van der Waals surface area (Å²) < 4.78 is 23.3. The molecule has 0 saturated carbocycles. The molecule has 0 fully saturated rings. The molecule has 19 heavy (non-hydrogen) atoms. The molecule has 0 saturated heterocycles. The van der Waals surface area contributed by atoms with Gasteiger partial charge in [-0.3, -0.25) is 4.79 Å². The summed E-state index contributed by atoms with van der Waals surface area (Å²) in [6.45, 7) is 6.61. The maximum atomic E-state index is 12.1. The minimum absolute atomic E-state index is 0.0295. The van der Waals surface area contributed by atoms with Crippen LogP contribution in [0.5, 0.6) is 0 Å². The van der Waals surface area contributed by atoms with E-state index in [-0.39, 0.29) is 5.75 Å². The van der Waals surface area contributed by atoms with Crippen LogP contribution in [0.25, 0.3) is 0 Å². The molecule has 5 heteroatoms. The van der Waals surface area contributed by atoms with Crippen molar-refractivity contribution in [3.8, 4) is 0 Å². The van der Waals surface area contributed by atoms with E-state index in [2.05, 4.69) is 0 Å². The molecule has 0 aromatic heterocycles. The normalized spacial score (nSPS) is 14.1. The third-order valence-corrected chi connectivity index (χ3v) is 5.72. The average molecular weight is 284 g/mol. The summed E-state index contributed by atoms with van der Waals surface area (Å²) >= 11 is 0. The Hall–Kier alpha value is -1.36. The van der Waals surface area contributed by atoms with Gasteiger partial charge in [-0.25, -0.2) is 8.42 Å². The largest absolute Gasteiger partial charge is 0.481 e. The molecular weight excluding hydrogens is 264 g/mol. The van der Waals surface area contributed by atoms with Gasteiger partial charge in [0, 0.05) is 0 Å². The van der Waals surface area contributed by atoms with E-state index in [1.54, 1.807) is 52.0 Å². The van der Waals surface area contributed by atoms with Crippen LogP contribution in [-0.2, 0) is 20.4 Å². The number of hydrogen-bond acceptors (Lipinski definition) is 3. The lowest BCUT2D eigenvalue weighted by atomic mass is 10.0. The summed E-state index contributed by atoms with van der Waals surface area (Å²) in [5.41, 5.74) is 1.35. The van der Waals surface area contributed by atoms with Crippen LogP contribution in [0, 0.1) is 0 Å². The third kappa shape index (κ3) is 3.80. The highest BCUT2D eigenvalue weighted by Crippen LogP contribution is 2.22. The second-order valence-electron chi connectivity index (χ2n) is 5.67. The Kier molecular flexibility index (Phi) is 4.40. The molecule has 0 aliphatic heterocycles. The van der Waals surface area contributed by atoms with Gasteiger partial charge in [-0.05, 0) is 38.8 Å². The van der Waals surface area contributed by atoms with Crippen LogP contribution < -0.4 is 0 Å². The number of rotatable bonds is 4. The summed E-state index contributed by atoms with van der Waals surface area (Å²) in [7, 11) is -3.22. The molecular formula is C14H20O4S. The first-order valence-electron chi connectivity index (χ1n) is 6.08. The molecule has 1 atom stereocenters. The van der Waals surface area contributed by atoms with Gasteiger partial charge in [0.25, 0.3) is 0 Å². The first-order valence-corrected chi connectivity index (χ1v) is 7.74.